The Balaban J connectivity index is 1.46. The minimum Gasteiger partial charge on any atom is -0.481 e. The zero-order chi connectivity index (χ0) is 32.3. The monoisotopic (exact) mass is 646 g/mol. The number of nitrogens with zero attached hydrogens (tertiary/aromatic N) is 2. The maximum absolute atomic E-state index is 13.2. The first-order valence-electron chi connectivity index (χ1n) is 14.7. The Morgan fingerprint density at radius 3 is 2.18 bits per heavy atom. The van der Waals surface area contributed by atoms with Crippen LogP contribution in [0, 0.1) is 0 Å². The van der Waals surface area contributed by atoms with Crippen LogP contribution in [-0.4, -0.2) is 47.2 Å². The van der Waals surface area contributed by atoms with Gasteiger partial charge >= 0.3 is 6.09 Å². The van der Waals surface area contributed by atoms with E-state index in [1.165, 1.54) is 7.11 Å². The summed E-state index contributed by atoms with van der Waals surface area (Å²) < 4.78 is 11.4. The number of carbonyl (C=O) groups is 2. The van der Waals surface area contributed by atoms with Gasteiger partial charge in [0.25, 0.3) is 0 Å². The van der Waals surface area contributed by atoms with E-state index in [1.807, 2.05) is 93.6 Å². The summed E-state index contributed by atoms with van der Waals surface area (Å²) in [4.78, 5) is 31.4. The zero-order valence-electron chi connectivity index (χ0n) is 25.7. The molecule has 3 N–H and O–H groups in total. The second kappa shape index (κ2) is 13.4. The van der Waals surface area contributed by atoms with Gasteiger partial charge in [0, 0.05) is 52.5 Å². The molecule has 5 rings (SSSR count). The van der Waals surface area contributed by atoms with Gasteiger partial charge in [-0.05, 0) is 57.0 Å². The molecule has 1 fully saturated rings. The number of pyridine rings is 1. The van der Waals surface area contributed by atoms with Crippen LogP contribution >= 0.6 is 23.2 Å². The molecule has 1 atom stereocenters. The minimum atomic E-state index is -0.681. The lowest BCUT2D eigenvalue weighted by molar-refractivity contribution is -0.119. The number of nitrogens with one attached hydrogen (secondary N) is 1. The lowest BCUT2D eigenvalue weighted by Gasteiger charge is -2.29. The molecule has 1 aliphatic rings. The van der Waals surface area contributed by atoms with Gasteiger partial charge < -0.3 is 25.4 Å². The largest absolute Gasteiger partial charge is 0.481 e. The number of carbonyl (C=O) groups excluding carboxylic acids is 2. The summed E-state index contributed by atoms with van der Waals surface area (Å²) in [7, 11) is 1.53. The van der Waals surface area contributed by atoms with Crippen LogP contribution in [0.15, 0.2) is 72.8 Å². The van der Waals surface area contributed by atoms with Crippen molar-refractivity contribution in [2.45, 2.75) is 51.8 Å². The summed E-state index contributed by atoms with van der Waals surface area (Å²) in [5.41, 5.74) is 11.2. The molecule has 2 heterocycles. The average Bonchev–Trinajstić information content (AvgIpc) is 3.41. The van der Waals surface area contributed by atoms with Crippen LogP contribution in [-0.2, 0) is 16.1 Å². The average molecular weight is 648 g/mol. The number of benzene rings is 3. The van der Waals surface area contributed by atoms with E-state index >= 15 is 0 Å². The van der Waals surface area contributed by atoms with Crippen molar-refractivity contribution in [1.29, 1.82) is 0 Å². The standard InChI is InChI=1S/C35H36Cl2N4O4/c1-35(2,3)45-34(43)41(20-24-16-18-30(42)39-24)19-22-13-17-29(40-33(22)44-4)28-10-6-9-27(32(28)37)26-8-5-7-25(31(26)36)21-11-14-23(38)15-12-21/h5-15,17,24H,16,18-20,38H2,1-4H3,(H,39,42)/t24-/m0/s1. The maximum Gasteiger partial charge on any atom is 0.410 e. The van der Waals surface area contributed by atoms with Crippen LogP contribution in [0.25, 0.3) is 33.5 Å². The highest BCUT2D eigenvalue weighted by molar-refractivity contribution is 6.39. The van der Waals surface area contributed by atoms with Gasteiger partial charge in [0.15, 0.2) is 0 Å². The Bertz CT molecular complexity index is 1720. The van der Waals surface area contributed by atoms with Gasteiger partial charge in [-0.1, -0.05) is 71.7 Å². The summed E-state index contributed by atoms with van der Waals surface area (Å²) in [6.45, 7) is 5.93. The van der Waals surface area contributed by atoms with Crippen molar-refractivity contribution in [3.05, 3.63) is 88.4 Å². The molecule has 0 saturated carbocycles. The van der Waals surface area contributed by atoms with Gasteiger partial charge in [-0.15, -0.1) is 0 Å². The van der Waals surface area contributed by atoms with E-state index in [-0.39, 0.29) is 18.5 Å². The summed E-state index contributed by atoms with van der Waals surface area (Å²) in [5, 5.41) is 3.99. The van der Waals surface area contributed by atoms with E-state index < -0.39 is 11.7 Å². The van der Waals surface area contributed by atoms with Crippen molar-refractivity contribution >= 4 is 40.9 Å². The smallest absolute Gasteiger partial charge is 0.410 e. The molecule has 0 spiro atoms. The van der Waals surface area contributed by atoms with Crippen LogP contribution in [0.5, 0.6) is 5.88 Å². The quantitative estimate of drug-likeness (QED) is 0.188. The summed E-state index contributed by atoms with van der Waals surface area (Å²) in [6.07, 6.45) is 0.598. The number of amides is 2. The number of anilines is 1. The Morgan fingerprint density at radius 2 is 1.58 bits per heavy atom. The van der Waals surface area contributed by atoms with Crippen molar-refractivity contribution in [2.24, 2.45) is 0 Å². The van der Waals surface area contributed by atoms with Crippen LogP contribution in [0.3, 0.4) is 0 Å². The molecule has 1 aromatic heterocycles. The minimum absolute atomic E-state index is 0.0230. The third-order valence-electron chi connectivity index (χ3n) is 7.46. The molecule has 0 aliphatic carbocycles. The molecule has 3 aromatic carbocycles. The molecule has 10 heteroatoms. The molecule has 2 amide bonds. The maximum atomic E-state index is 13.2. The number of ether oxygens (including phenoxy) is 2. The van der Waals surface area contributed by atoms with E-state index in [0.717, 1.165) is 22.3 Å². The summed E-state index contributed by atoms with van der Waals surface area (Å²) in [6, 6.07) is 22.7. The lowest BCUT2D eigenvalue weighted by Crippen LogP contribution is -2.43. The first-order valence-corrected chi connectivity index (χ1v) is 15.4. The van der Waals surface area contributed by atoms with E-state index in [9.17, 15) is 9.59 Å². The molecule has 234 valence electrons. The Labute approximate surface area is 273 Å². The topological polar surface area (TPSA) is 107 Å². The number of rotatable bonds is 8. The van der Waals surface area contributed by atoms with Crippen LogP contribution in [0.2, 0.25) is 10.0 Å². The highest BCUT2D eigenvalue weighted by atomic mass is 35.5. The first kappa shape index (κ1) is 32.1. The van der Waals surface area contributed by atoms with Crippen molar-refractivity contribution in [3.8, 4) is 39.4 Å². The lowest BCUT2D eigenvalue weighted by atomic mass is 9.96. The van der Waals surface area contributed by atoms with Gasteiger partial charge in [-0.25, -0.2) is 9.78 Å². The fourth-order valence-corrected chi connectivity index (χ4v) is 5.96. The molecular formula is C35H36Cl2N4O4. The number of hydrogen-bond donors (Lipinski definition) is 2. The van der Waals surface area contributed by atoms with Crippen molar-refractivity contribution < 1.29 is 19.1 Å². The van der Waals surface area contributed by atoms with Gasteiger partial charge in [0.2, 0.25) is 11.8 Å². The van der Waals surface area contributed by atoms with E-state index in [4.69, 9.17) is 43.4 Å². The van der Waals surface area contributed by atoms with Crippen molar-refractivity contribution in [2.75, 3.05) is 19.4 Å². The molecule has 4 aromatic rings. The van der Waals surface area contributed by atoms with E-state index in [0.29, 0.717) is 57.8 Å². The van der Waals surface area contributed by atoms with Crippen LogP contribution in [0.1, 0.15) is 39.2 Å². The van der Waals surface area contributed by atoms with Gasteiger partial charge in [0.05, 0.1) is 29.4 Å². The van der Waals surface area contributed by atoms with Crippen LogP contribution in [0.4, 0.5) is 10.5 Å². The van der Waals surface area contributed by atoms with E-state index in [1.54, 1.807) is 4.90 Å². The molecule has 0 unspecified atom stereocenters. The number of nitrogens with two attached hydrogens (primary N) is 1. The Hall–Kier alpha value is -4.27. The number of halogens is 2. The normalized spacial score (nSPS) is 14.6. The predicted octanol–water partition coefficient (Wildman–Crippen LogP) is 8.00. The molecule has 45 heavy (non-hydrogen) atoms. The molecule has 8 nitrogen and oxygen atoms in total. The highest BCUT2D eigenvalue weighted by Crippen LogP contribution is 2.42. The fourth-order valence-electron chi connectivity index (χ4n) is 5.30. The molecular weight excluding hydrogens is 611 g/mol. The van der Waals surface area contributed by atoms with Crippen molar-refractivity contribution in [3.63, 3.8) is 0 Å². The third kappa shape index (κ3) is 7.52. The molecule has 1 aliphatic heterocycles. The second-order valence-corrected chi connectivity index (χ2v) is 12.7. The third-order valence-corrected chi connectivity index (χ3v) is 8.27. The number of nitrogen functional groups attached to an aromatic ring is 1. The van der Waals surface area contributed by atoms with Crippen molar-refractivity contribution in [1.82, 2.24) is 15.2 Å². The number of methoxy groups -OCH3 is 1. The van der Waals surface area contributed by atoms with Gasteiger partial charge in [-0.3, -0.25) is 4.79 Å². The van der Waals surface area contributed by atoms with Gasteiger partial charge in [0.1, 0.15) is 5.60 Å². The zero-order valence-corrected chi connectivity index (χ0v) is 27.2. The Morgan fingerprint density at radius 1 is 0.956 bits per heavy atom. The summed E-state index contributed by atoms with van der Waals surface area (Å²) in [5.74, 6) is 0.325. The SMILES string of the molecule is COc1nc(-c2cccc(-c3cccc(-c4ccc(N)cc4)c3Cl)c2Cl)ccc1CN(C[C@@H]1CCC(=O)N1)C(=O)OC(C)(C)C. The number of hydrogen-bond acceptors (Lipinski definition) is 6. The summed E-state index contributed by atoms with van der Waals surface area (Å²) >= 11 is 14.0. The van der Waals surface area contributed by atoms with Crippen LogP contribution < -0.4 is 15.8 Å². The van der Waals surface area contributed by atoms with E-state index in [2.05, 4.69) is 5.32 Å². The predicted molar refractivity (Wildman–Crippen MR) is 179 cm³/mol. The fraction of sp³-hybridized carbons (Fsp3) is 0.286. The molecule has 1 saturated heterocycles. The Kier molecular flexibility index (Phi) is 9.56. The first-order chi connectivity index (χ1) is 21.4. The number of aromatic nitrogens is 1. The molecule has 0 bridgehead atoms. The molecule has 0 radical (unpaired) electrons. The van der Waals surface area contributed by atoms with Gasteiger partial charge in [-0.2, -0.15) is 0 Å². The highest BCUT2D eigenvalue weighted by Gasteiger charge is 2.29. The second-order valence-electron chi connectivity index (χ2n) is 12.0.